The van der Waals surface area contributed by atoms with Gasteiger partial charge in [0.05, 0.1) is 18.4 Å². The Morgan fingerprint density at radius 2 is 2.03 bits per heavy atom. The van der Waals surface area contributed by atoms with Gasteiger partial charge in [0.25, 0.3) is 0 Å². The molecule has 8 heteroatoms. The molecule has 158 valence electrons. The number of nitrogens with zero attached hydrogens (tertiary/aromatic N) is 4. The monoisotopic (exact) mass is 416 g/mol. The van der Waals surface area contributed by atoms with Gasteiger partial charge < -0.3 is 20.1 Å². The third-order valence-electron chi connectivity index (χ3n) is 4.93. The summed E-state index contributed by atoms with van der Waals surface area (Å²) in [5, 5.41) is 16.0. The lowest BCUT2D eigenvalue weighted by Crippen LogP contribution is -2.29. The molecule has 0 spiro atoms. The van der Waals surface area contributed by atoms with Crippen molar-refractivity contribution in [3.05, 3.63) is 54.5 Å². The van der Waals surface area contributed by atoms with Crippen LogP contribution in [0.5, 0.6) is 17.4 Å². The molecule has 3 aromatic rings. The zero-order valence-electron chi connectivity index (χ0n) is 17.3. The predicted octanol–water partition coefficient (Wildman–Crippen LogP) is 3.77. The van der Waals surface area contributed by atoms with Gasteiger partial charge in [0.15, 0.2) is 5.82 Å². The number of hydrogen-bond acceptors (Lipinski definition) is 8. The Balaban J connectivity index is 1.61. The molecule has 4 rings (SSSR count). The summed E-state index contributed by atoms with van der Waals surface area (Å²) in [6.07, 6.45) is 7.16. The zero-order chi connectivity index (χ0) is 21.5. The molecule has 1 saturated heterocycles. The average Bonchev–Trinajstić information content (AvgIpc) is 3.33. The summed E-state index contributed by atoms with van der Waals surface area (Å²) in [7, 11) is 0. The fourth-order valence-corrected chi connectivity index (χ4v) is 3.37. The van der Waals surface area contributed by atoms with Crippen LogP contribution in [0.25, 0.3) is 11.4 Å². The number of nitrogens with one attached hydrogen (secondary N) is 2. The zero-order valence-corrected chi connectivity index (χ0v) is 17.3. The van der Waals surface area contributed by atoms with Crippen molar-refractivity contribution in [2.45, 2.75) is 25.8 Å². The number of anilines is 1. The van der Waals surface area contributed by atoms with Crippen LogP contribution in [0.3, 0.4) is 0 Å². The minimum Gasteiger partial charge on any atom is -0.494 e. The summed E-state index contributed by atoms with van der Waals surface area (Å²) in [6, 6.07) is 11.6. The quantitative estimate of drug-likeness (QED) is 0.572. The minimum atomic E-state index is 0.412. The molecule has 3 heterocycles. The molecule has 2 aromatic heterocycles. The standard InChI is InChI=1S/C23H24N6O2/c1-2-30-19-5-7-20(8-6-19)31-23-21(27-14-18-4-3-9-26-18)15-28-22(29-23)17-10-16(11-24)12-25-13-17/h5-8,10,12-13,15,18,26-27H,2-4,9,14H2,1H3/t18-/m0/s1. The SMILES string of the molecule is CCOc1ccc(Oc2nc(-c3cncc(C#N)c3)ncc2NC[C@@H]2CCCN2)cc1. The van der Waals surface area contributed by atoms with E-state index in [1.807, 2.05) is 31.2 Å². The van der Waals surface area contributed by atoms with Gasteiger partial charge in [-0.25, -0.2) is 4.98 Å². The van der Waals surface area contributed by atoms with Crippen molar-refractivity contribution in [1.29, 1.82) is 5.26 Å². The highest BCUT2D eigenvalue weighted by atomic mass is 16.5. The van der Waals surface area contributed by atoms with Gasteiger partial charge in [0.2, 0.25) is 5.88 Å². The maximum absolute atomic E-state index is 9.16. The van der Waals surface area contributed by atoms with Crippen LogP contribution >= 0.6 is 0 Å². The van der Waals surface area contributed by atoms with Gasteiger partial charge in [0, 0.05) is 30.5 Å². The summed E-state index contributed by atoms with van der Waals surface area (Å²) >= 11 is 0. The molecule has 31 heavy (non-hydrogen) atoms. The first-order valence-corrected chi connectivity index (χ1v) is 10.4. The van der Waals surface area contributed by atoms with Crippen LogP contribution in [-0.4, -0.2) is 40.7 Å². The van der Waals surface area contributed by atoms with Gasteiger partial charge in [-0.3, -0.25) is 4.98 Å². The molecule has 0 saturated carbocycles. The molecule has 2 N–H and O–H groups in total. The number of ether oxygens (including phenoxy) is 2. The number of rotatable bonds is 8. The molecule has 8 nitrogen and oxygen atoms in total. The fraction of sp³-hybridized carbons (Fsp3) is 0.304. The number of benzene rings is 1. The van der Waals surface area contributed by atoms with Crippen LogP contribution in [0.4, 0.5) is 5.69 Å². The van der Waals surface area contributed by atoms with Crippen molar-refractivity contribution in [2.75, 3.05) is 25.0 Å². The van der Waals surface area contributed by atoms with Crippen LogP contribution < -0.4 is 20.1 Å². The maximum Gasteiger partial charge on any atom is 0.246 e. The Hall–Kier alpha value is -3.70. The van der Waals surface area contributed by atoms with E-state index in [1.54, 1.807) is 18.5 Å². The highest BCUT2D eigenvalue weighted by Crippen LogP contribution is 2.30. The van der Waals surface area contributed by atoms with E-state index in [9.17, 15) is 0 Å². The molecular formula is C23H24N6O2. The van der Waals surface area contributed by atoms with Crippen molar-refractivity contribution >= 4 is 5.69 Å². The van der Waals surface area contributed by atoms with E-state index in [1.165, 1.54) is 12.6 Å². The van der Waals surface area contributed by atoms with Crippen molar-refractivity contribution in [1.82, 2.24) is 20.3 Å². The minimum absolute atomic E-state index is 0.412. The van der Waals surface area contributed by atoms with E-state index in [4.69, 9.17) is 14.7 Å². The van der Waals surface area contributed by atoms with Gasteiger partial charge in [-0.05, 0) is 56.6 Å². The summed E-state index contributed by atoms with van der Waals surface area (Å²) in [4.78, 5) is 13.2. The number of hydrogen-bond donors (Lipinski definition) is 2. The van der Waals surface area contributed by atoms with E-state index >= 15 is 0 Å². The van der Waals surface area contributed by atoms with Gasteiger partial charge in [-0.1, -0.05) is 0 Å². The highest BCUT2D eigenvalue weighted by molar-refractivity contribution is 5.61. The Kier molecular flexibility index (Phi) is 6.55. The Labute approximate surface area is 181 Å². The molecule has 1 aliphatic rings. The van der Waals surface area contributed by atoms with Crippen LogP contribution in [-0.2, 0) is 0 Å². The third-order valence-corrected chi connectivity index (χ3v) is 4.93. The van der Waals surface area contributed by atoms with Crippen LogP contribution in [0.1, 0.15) is 25.3 Å². The molecule has 1 atom stereocenters. The lowest BCUT2D eigenvalue weighted by Gasteiger charge is -2.16. The number of aromatic nitrogens is 3. The van der Waals surface area contributed by atoms with Gasteiger partial charge in [-0.15, -0.1) is 0 Å². The third kappa shape index (κ3) is 5.27. The molecule has 0 bridgehead atoms. The molecule has 1 aromatic carbocycles. The first-order chi connectivity index (χ1) is 15.2. The summed E-state index contributed by atoms with van der Waals surface area (Å²) < 4.78 is 11.6. The second-order valence-electron chi connectivity index (χ2n) is 7.17. The topological polar surface area (TPSA) is 105 Å². The second-order valence-corrected chi connectivity index (χ2v) is 7.17. The molecule has 1 aliphatic heterocycles. The van der Waals surface area contributed by atoms with E-state index in [0.29, 0.717) is 46.9 Å². The number of pyridine rings is 1. The van der Waals surface area contributed by atoms with Gasteiger partial charge in [0.1, 0.15) is 23.3 Å². The molecule has 0 radical (unpaired) electrons. The molecule has 1 fully saturated rings. The van der Waals surface area contributed by atoms with Crippen molar-refractivity contribution in [3.8, 4) is 34.8 Å². The normalized spacial score (nSPS) is 15.3. The summed E-state index contributed by atoms with van der Waals surface area (Å²) in [5.41, 5.74) is 1.81. The maximum atomic E-state index is 9.16. The van der Waals surface area contributed by atoms with E-state index in [-0.39, 0.29) is 0 Å². The van der Waals surface area contributed by atoms with Gasteiger partial charge >= 0.3 is 0 Å². The second kappa shape index (κ2) is 9.87. The smallest absolute Gasteiger partial charge is 0.246 e. The van der Waals surface area contributed by atoms with Crippen LogP contribution in [0, 0.1) is 11.3 Å². The first kappa shape index (κ1) is 20.6. The average molecular weight is 416 g/mol. The molecule has 0 unspecified atom stereocenters. The fourth-order valence-electron chi connectivity index (χ4n) is 3.37. The van der Waals surface area contributed by atoms with Crippen LogP contribution in [0.2, 0.25) is 0 Å². The molecule has 0 aliphatic carbocycles. The van der Waals surface area contributed by atoms with E-state index in [2.05, 4.69) is 31.7 Å². The lowest BCUT2D eigenvalue weighted by atomic mass is 10.2. The summed E-state index contributed by atoms with van der Waals surface area (Å²) in [6.45, 7) is 4.35. The lowest BCUT2D eigenvalue weighted by molar-refractivity contribution is 0.339. The first-order valence-electron chi connectivity index (χ1n) is 10.4. The van der Waals surface area contributed by atoms with Crippen LogP contribution in [0.15, 0.2) is 48.9 Å². The largest absolute Gasteiger partial charge is 0.494 e. The Bertz CT molecular complexity index is 1060. The summed E-state index contributed by atoms with van der Waals surface area (Å²) in [5.74, 6) is 2.27. The van der Waals surface area contributed by atoms with E-state index in [0.717, 1.165) is 25.3 Å². The van der Waals surface area contributed by atoms with Crippen molar-refractivity contribution in [3.63, 3.8) is 0 Å². The highest BCUT2D eigenvalue weighted by Gasteiger charge is 2.17. The number of nitriles is 1. The van der Waals surface area contributed by atoms with Crippen molar-refractivity contribution in [2.24, 2.45) is 0 Å². The van der Waals surface area contributed by atoms with Crippen molar-refractivity contribution < 1.29 is 9.47 Å². The molecular weight excluding hydrogens is 392 g/mol. The Morgan fingerprint density at radius 3 is 2.77 bits per heavy atom. The van der Waals surface area contributed by atoms with E-state index < -0.39 is 0 Å². The Morgan fingerprint density at radius 1 is 1.19 bits per heavy atom. The molecule has 0 amide bonds. The van der Waals surface area contributed by atoms with Gasteiger partial charge in [-0.2, -0.15) is 10.2 Å². The predicted molar refractivity (Wildman–Crippen MR) is 117 cm³/mol.